The van der Waals surface area contributed by atoms with Crippen molar-refractivity contribution in [1.82, 2.24) is 20.3 Å². The van der Waals surface area contributed by atoms with Gasteiger partial charge in [-0.3, -0.25) is 25.0 Å². The van der Waals surface area contributed by atoms with Crippen LogP contribution in [-0.4, -0.2) is 118 Å². The molecule has 0 bridgehead atoms. The molecule has 0 saturated heterocycles. The number of aromatic nitrogens is 3. The second-order valence-electron chi connectivity index (χ2n) is 16.2. The van der Waals surface area contributed by atoms with E-state index in [1.807, 2.05) is 59.0 Å². The summed E-state index contributed by atoms with van der Waals surface area (Å²) < 4.78 is 63.5. The molecule has 1 amide bonds. The Morgan fingerprint density at radius 2 is 1.60 bits per heavy atom. The van der Waals surface area contributed by atoms with Crippen LogP contribution in [0.1, 0.15) is 65.2 Å². The van der Waals surface area contributed by atoms with Crippen molar-refractivity contribution in [1.29, 1.82) is 0 Å². The minimum Gasteiger partial charge on any atom is -0.778 e. The summed E-state index contributed by atoms with van der Waals surface area (Å²) in [4.78, 5) is 64.1. The van der Waals surface area contributed by atoms with E-state index in [9.17, 15) is 42.3 Å². The molecule has 1 heterocycles. The van der Waals surface area contributed by atoms with Crippen LogP contribution in [0.15, 0.2) is 54.6 Å². The summed E-state index contributed by atoms with van der Waals surface area (Å²) in [5, 5.41) is 27.0. The van der Waals surface area contributed by atoms with Crippen molar-refractivity contribution < 1.29 is 61.4 Å². The molecule has 3 aromatic carbocycles. The van der Waals surface area contributed by atoms with Gasteiger partial charge >= 0.3 is 17.8 Å². The summed E-state index contributed by atoms with van der Waals surface area (Å²) in [5.41, 5.74) is 1.96. The van der Waals surface area contributed by atoms with Crippen LogP contribution in [0.5, 0.6) is 17.2 Å². The fourth-order valence-corrected chi connectivity index (χ4v) is 6.37. The van der Waals surface area contributed by atoms with Gasteiger partial charge in [0, 0.05) is 31.3 Å². The lowest BCUT2D eigenvalue weighted by atomic mass is 10.0. The number of hydrogen-bond donors (Lipinski definition) is 5. The maximum atomic E-state index is 12.6. The molecule has 4 aromatic rings. The minimum absolute atomic E-state index is 0.0111. The summed E-state index contributed by atoms with van der Waals surface area (Å²) in [5.74, 6) is -0.188. The number of para-hydroxylation sites is 1. The summed E-state index contributed by atoms with van der Waals surface area (Å²) >= 11 is 17.3. The number of rotatable bonds is 18. The van der Waals surface area contributed by atoms with Crippen LogP contribution < -0.4 is 35.2 Å². The van der Waals surface area contributed by atoms with Gasteiger partial charge in [-0.15, -0.1) is 11.6 Å². The summed E-state index contributed by atoms with van der Waals surface area (Å²) in [6.45, 7) is 16.7. The van der Waals surface area contributed by atoms with Crippen molar-refractivity contribution in [3.8, 4) is 17.2 Å². The molecule has 5 N–H and O–H groups in total. The number of anilines is 3. The number of amides is 1. The SMILES string of the molecule is CCNc1nc(Cl)nc(NC(C)(C)C)n1.CCOc1cc(Oc2ccc(C(F)(F)F)cc2Cl)ccc1[N+](=O)[O-].CCc1cccc(C)c1N(C(=O)CCl)C(C)COC.C[S+](C)C.O=C(O)CNCP(=O)([O-])O. The van der Waals surface area contributed by atoms with E-state index in [0.29, 0.717) is 29.4 Å². The lowest BCUT2D eigenvalue weighted by Gasteiger charge is -2.31. The van der Waals surface area contributed by atoms with Crippen LogP contribution >= 0.6 is 42.4 Å². The molecule has 404 valence electrons. The first-order chi connectivity index (χ1) is 33.3. The molecule has 72 heavy (non-hydrogen) atoms. The van der Waals surface area contributed by atoms with Crippen molar-refractivity contribution in [3.63, 3.8) is 0 Å². The third-order valence-corrected chi connectivity index (χ3v) is 9.42. The van der Waals surface area contributed by atoms with Crippen molar-refractivity contribution in [2.24, 2.45) is 0 Å². The quantitative estimate of drug-likeness (QED) is 0.0204. The molecule has 1 aromatic heterocycles. The Labute approximate surface area is 436 Å². The molecular formula is C45H65Cl3F3N8O11PS. The Morgan fingerprint density at radius 1 is 0.986 bits per heavy atom. The van der Waals surface area contributed by atoms with Crippen LogP contribution in [0.3, 0.4) is 0 Å². The maximum absolute atomic E-state index is 12.6. The molecule has 0 aliphatic rings. The number of carbonyl (C=O) groups excluding carboxylic acids is 1. The van der Waals surface area contributed by atoms with Gasteiger partial charge in [-0.1, -0.05) is 36.7 Å². The van der Waals surface area contributed by atoms with Gasteiger partial charge in [0.1, 0.15) is 25.0 Å². The van der Waals surface area contributed by atoms with E-state index in [4.69, 9.17) is 59.0 Å². The number of methoxy groups -OCH3 is 1. The van der Waals surface area contributed by atoms with Crippen molar-refractivity contribution in [2.45, 2.75) is 79.6 Å². The fourth-order valence-electron chi connectivity index (χ4n) is 5.47. The van der Waals surface area contributed by atoms with Crippen LogP contribution in [0.25, 0.3) is 0 Å². The number of ether oxygens (including phenoxy) is 3. The smallest absolute Gasteiger partial charge is 0.416 e. The molecule has 0 saturated carbocycles. The number of alkyl halides is 4. The first-order valence-corrected chi connectivity index (χ1v) is 27.1. The number of carboxylic acids is 1. The molecule has 0 fully saturated rings. The van der Waals surface area contributed by atoms with Crippen LogP contribution in [0, 0.1) is 17.0 Å². The number of halogens is 6. The molecule has 0 aliphatic heterocycles. The highest BCUT2D eigenvalue weighted by molar-refractivity contribution is 7.94. The Morgan fingerprint density at radius 3 is 2.07 bits per heavy atom. The van der Waals surface area contributed by atoms with Gasteiger partial charge in [-0.2, -0.15) is 28.1 Å². The summed E-state index contributed by atoms with van der Waals surface area (Å²) in [7, 11) is -2.07. The number of hydrogen-bond acceptors (Lipinski definition) is 15. The number of nitrogens with zero attached hydrogens (tertiary/aromatic N) is 5. The maximum Gasteiger partial charge on any atom is 0.416 e. The molecule has 0 radical (unpaired) electrons. The topological polar surface area (TPSA) is 264 Å². The number of nitro benzene ring substituents is 1. The van der Waals surface area contributed by atoms with Gasteiger partial charge in [0.15, 0.2) is 0 Å². The van der Waals surface area contributed by atoms with E-state index >= 15 is 0 Å². The number of aliphatic carboxylic acids is 1. The Kier molecular flexibility index (Phi) is 31.0. The number of carboxylic acid groups (broad SMARTS) is 1. The molecule has 2 atom stereocenters. The molecule has 4 rings (SSSR count). The van der Waals surface area contributed by atoms with Gasteiger partial charge in [-0.05, 0) is 113 Å². The van der Waals surface area contributed by atoms with Gasteiger partial charge in [0.2, 0.25) is 28.8 Å². The van der Waals surface area contributed by atoms with E-state index in [1.54, 1.807) is 18.9 Å². The molecular weight excluding hydrogens is 1050 g/mol. The third kappa shape index (κ3) is 27.9. The lowest BCUT2D eigenvalue weighted by Crippen LogP contribution is -2.43. The summed E-state index contributed by atoms with van der Waals surface area (Å²) in [6.07, 6.45) is 2.24. The van der Waals surface area contributed by atoms with Crippen molar-refractivity contribution in [2.75, 3.05) is 79.9 Å². The number of carbonyl (C=O) groups is 2. The van der Waals surface area contributed by atoms with E-state index < -0.39 is 43.1 Å². The Balaban J connectivity index is 0.000000946. The lowest BCUT2D eigenvalue weighted by molar-refractivity contribution is -0.385. The third-order valence-electron chi connectivity index (χ3n) is 8.11. The first-order valence-electron chi connectivity index (χ1n) is 21.6. The Bertz CT molecular complexity index is 2370. The van der Waals surface area contributed by atoms with Crippen LogP contribution in [0.2, 0.25) is 10.3 Å². The number of benzene rings is 3. The fraction of sp³-hybridized carbons (Fsp3) is 0.489. The minimum atomic E-state index is -4.52. The number of nitrogens with one attached hydrogen (secondary N) is 3. The predicted octanol–water partition coefficient (Wildman–Crippen LogP) is 9.45. The van der Waals surface area contributed by atoms with Crippen LogP contribution in [-0.2, 0) is 42.4 Å². The average molecular weight is 1120 g/mol. The molecule has 0 spiro atoms. The standard InChI is InChI=1S/C15H11ClF3NO4.C15H22ClNO2.C9H16ClN5.C3H8NO5P.C3H9S/c1-2-23-14-8-10(4-5-12(14)20(21)22)24-13-6-3-9(7-11(13)16)15(17,18)19;1-5-13-8-6-7-11(2)15(13)17(14(18)9-16)12(3)10-19-4;1-5-11-7-12-6(10)13-8(14-7)15-9(2,3)4;5-3(6)1-4-2-10(7,8)9;1-4(2)3/h3-8H,2H2,1H3;6-8,12H,5,9-10H2,1-4H3;5H2,1-4H3,(H2,11,12,13,14,15);4H,1-2H2,(H,5,6)(H2,7,8,9);1-3H3/q;;;;+1/p-1. The zero-order valence-electron chi connectivity index (χ0n) is 42.2. The highest BCUT2D eigenvalue weighted by atomic mass is 35.5. The van der Waals surface area contributed by atoms with E-state index in [0.717, 1.165) is 48.0 Å². The molecule has 27 heteroatoms. The van der Waals surface area contributed by atoms with Crippen molar-refractivity contribution >= 4 is 88.4 Å². The van der Waals surface area contributed by atoms with Crippen molar-refractivity contribution in [3.05, 3.63) is 91.7 Å². The Hall–Kier alpha value is -4.71. The van der Waals surface area contributed by atoms with Crippen LogP contribution in [0.4, 0.5) is 36.4 Å². The first kappa shape index (κ1) is 67.3. The molecule has 19 nitrogen and oxygen atoms in total. The highest BCUT2D eigenvalue weighted by Gasteiger charge is 2.31. The van der Waals surface area contributed by atoms with E-state index in [-0.39, 0.29) is 63.2 Å². The second kappa shape index (κ2) is 33.2. The normalized spacial score (nSPS) is 12.1. The number of nitro groups is 1. The van der Waals surface area contributed by atoms with E-state index in [1.165, 1.54) is 18.2 Å². The average Bonchev–Trinajstić information content (AvgIpc) is 3.24. The number of aryl methyl sites for hydroxylation is 2. The highest BCUT2D eigenvalue weighted by Crippen LogP contribution is 2.38. The zero-order chi connectivity index (χ0) is 55.6. The predicted molar refractivity (Wildman–Crippen MR) is 279 cm³/mol. The van der Waals surface area contributed by atoms with Gasteiger partial charge in [0.05, 0.1) is 72.1 Å². The second-order valence-corrected chi connectivity index (χ2v) is 21.3. The van der Waals surface area contributed by atoms with Gasteiger partial charge in [-0.25, -0.2) is 0 Å². The zero-order valence-corrected chi connectivity index (χ0v) is 46.1. The molecule has 2 unspecified atom stereocenters. The van der Waals surface area contributed by atoms with Gasteiger partial charge in [0.25, 0.3) is 0 Å². The largest absolute Gasteiger partial charge is 0.778 e. The van der Waals surface area contributed by atoms with E-state index in [2.05, 4.69) is 57.3 Å². The summed E-state index contributed by atoms with van der Waals surface area (Å²) in [6, 6.07) is 12.4. The monoisotopic (exact) mass is 1120 g/mol. The molecule has 0 aliphatic carbocycles. The van der Waals surface area contributed by atoms with Gasteiger partial charge < -0.3 is 49.2 Å².